The van der Waals surface area contributed by atoms with Crippen LogP contribution in [0, 0.1) is 0 Å². The van der Waals surface area contributed by atoms with Crippen LogP contribution in [0.15, 0.2) is 41.5 Å². The number of pyridine rings is 1. The lowest BCUT2D eigenvalue weighted by Crippen LogP contribution is -2.05. The fraction of sp³-hybridized carbons (Fsp3) is 0.308. The molecule has 0 aliphatic heterocycles. The second-order valence-corrected chi connectivity index (χ2v) is 5.44. The summed E-state index contributed by atoms with van der Waals surface area (Å²) in [7, 11) is 0. The maximum atomic E-state index is 4.41. The lowest BCUT2D eigenvalue weighted by molar-refractivity contribution is 0.620. The molecule has 1 N–H and O–H groups in total. The molecule has 0 saturated heterocycles. The van der Waals surface area contributed by atoms with Crippen molar-refractivity contribution in [3.05, 3.63) is 41.5 Å². The number of fused-ring (bicyclic) bond motifs is 1. The van der Waals surface area contributed by atoms with E-state index >= 15 is 0 Å². The minimum absolute atomic E-state index is 0.672. The number of rotatable bonds is 6. The van der Waals surface area contributed by atoms with Crippen LogP contribution in [0.1, 0.15) is 12.8 Å². The van der Waals surface area contributed by atoms with Gasteiger partial charge in [-0.05, 0) is 40.9 Å². The summed E-state index contributed by atoms with van der Waals surface area (Å²) in [5.74, 6) is 0.672. The van der Waals surface area contributed by atoms with Crippen molar-refractivity contribution < 1.29 is 0 Å². The van der Waals surface area contributed by atoms with Gasteiger partial charge in [-0.25, -0.2) is 9.50 Å². The zero-order valence-corrected chi connectivity index (χ0v) is 12.5. The normalized spacial score (nSPS) is 11.1. The number of unbranched alkanes of at least 4 members (excludes halogenated alkanes) is 1. The molecule has 0 amide bonds. The zero-order valence-electron chi connectivity index (χ0n) is 10.9. The highest BCUT2D eigenvalue weighted by molar-refractivity contribution is 9.10. The summed E-state index contributed by atoms with van der Waals surface area (Å²) in [5, 5.41) is 7.62. The summed E-state index contributed by atoms with van der Waals surface area (Å²) in [4.78, 5) is 8.43. The molecule has 104 valence electrons. The van der Waals surface area contributed by atoms with Crippen LogP contribution in [0.3, 0.4) is 0 Å². The molecule has 3 aromatic heterocycles. The van der Waals surface area contributed by atoms with Crippen molar-refractivity contribution >= 4 is 27.5 Å². The number of nitrogens with zero attached hydrogens (tertiary/aromatic N) is 5. The molecule has 3 heterocycles. The van der Waals surface area contributed by atoms with Crippen molar-refractivity contribution in [2.24, 2.45) is 0 Å². The first-order valence-electron chi connectivity index (χ1n) is 6.53. The molecule has 0 fully saturated rings. The van der Waals surface area contributed by atoms with Crippen molar-refractivity contribution in [3.63, 3.8) is 0 Å². The van der Waals surface area contributed by atoms with Crippen LogP contribution < -0.4 is 5.32 Å². The Morgan fingerprint density at radius 1 is 1.25 bits per heavy atom. The summed E-state index contributed by atoms with van der Waals surface area (Å²) in [6, 6.07) is 3.89. The van der Waals surface area contributed by atoms with Crippen LogP contribution in [0.2, 0.25) is 0 Å². The van der Waals surface area contributed by atoms with E-state index < -0.39 is 0 Å². The Morgan fingerprint density at radius 2 is 2.20 bits per heavy atom. The van der Waals surface area contributed by atoms with E-state index in [1.54, 1.807) is 10.7 Å². The molecular weight excluding hydrogens is 320 g/mol. The molecule has 20 heavy (non-hydrogen) atoms. The first kappa shape index (κ1) is 13.1. The monoisotopic (exact) mass is 334 g/mol. The van der Waals surface area contributed by atoms with E-state index in [0.717, 1.165) is 36.1 Å². The Morgan fingerprint density at radius 3 is 3.05 bits per heavy atom. The van der Waals surface area contributed by atoms with Gasteiger partial charge in [-0.15, -0.1) is 5.10 Å². The molecule has 0 saturated carbocycles. The van der Waals surface area contributed by atoms with E-state index in [-0.39, 0.29) is 0 Å². The van der Waals surface area contributed by atoms with Gasteiger partial charge in [-0.2, -0.15) is 4.98 Å². The molecule has 0 bridgehead atoms. The van der Waals surface area contributed by atoms with Gasteiger partial charge in [0.15, 0.2) is 5.65 Å². The molecule has 0 unspecified atom stereocenters. The van der Waals surface area contributed by atoms with Gasteiger partial charge in [0.05, 0.1) is 6.33 Å². The van der Waals surface area contributed by atoms with E-state index in [1.807, 2.05) is 30.9 Å². The lowest BCUT2D eigenvalue weighted by Gasteiger charge is -2.02. The van der Waals surface area contributed by atoms with Gasteiger partial charge in [0.1, 0.15) is 0 Å². The Hall–Kier alpha value is -1.89. The average molecular weight is 335 g/mol. The van der Waals surface area contributed by atoms with Gasteiger partial charge >= 0.3 is 0 Å². The molecule has 3 rings (SSSR count). The largest absolute Gasteiger partial charge is 0.353 e. The number of halogens is 1. The highest BCUT2D eigenvalue weighted by Crippen LogP contribution is 2.12. The fourth-order valence-corrected chi connectivity index (χ4v) is 2.30. The molecule has 0 atom stereocenters. The first-order valence-corrected chi connectivity index (χ1v) is 7.32. The summed E-state index contributed by atoms with van der Waals surface area (Å²) in [6.45, 7) is 1.86. The SMILES string of the molecule is Brc1ccc2nc(NCCCCn3ccnc3)nn2c1. The van der Waals surface area contributed by atoms with Crippen LogP contribution in [-0.4, -0.2) is 30.7 Å². The maximum absolute atomic E-state index is 4.41. The van der Waals surface area contributed by atoms with Crippen LogP contribution in [0.4, 0.5) is 5.95 Å². The van der Waals surface area contributed by atoms with E-state index in [0.29, 0.717) is 5.95 Å². The Balaban J connectivity index is 1.47. The highest BCUT2D eigenvalue weighted by Gasteiger charge is 2.02. The maximum Gasteiger partial charge on any atom is 0.243 e. The van der Waals surface area contributed by atoms with Gasteiger partial charge in [-0.3, -0.25) is 0 Å². The number of hydrogen-bond acceptors (Lipinski definition) is 4. The third-order valence-electron chi connectivity index (χ3n) is 2.98. The van der Waals surface area contributed by atoms with Crippen LogP contribution in [0.25, 0.3) is 5.65 Å². The zero-order chi connectivity index (χ0) is 13.8. The number of aromatic nitrogens is 5. The van der Waals surface area contributed by atoms with Crippen LogP contribution in [-0.2, 0) is 6.54 Å². The van der Waals surface area contributed by atoms with Crippen molar-refractivity contribution in [3.8, 4) is 0 Å². The van der Waals surface area contributed by atoms with Gasteiger partial charge in [0.2, 0.25) is 5.95 Å². The van der Waals surface area contributed by atoms with E-state index in [9.17, 15) is 0 Å². The van der Waals surface area contributed by atoms with E-state index in [4.69, 9.17) is 0 Å². The third kappa shape index (κ3) is 3.16. The summed E-state index contributed by atoms with van der Waals surface area (Å²) in [6.07, 6.45) is 9.69. The van der Waals surface area contributed by atoms with Crippen LogP contribution in [0.5, 0.6) is 0 Å². The van der Waals surface area contributed by atoms with Gasteiger partial charge in [-0.1, -0.05) is 0 Å². The summed E-state index contributed by atoms with van der Waals surface area (Å²) < 4.78 is 4.83. The molecule has 7 heteroatoms. The first-order chi connectivity index (χ1) is 9.81. The second kappa shape index (κ2) is 6.04. The van der Waals surface area contributed by atoms with Crippen molar-refractivity contribution in [2.75, 3.05) is 11.9 Å². The van der Waals surface area contributed by atoms with Gasteiger partial charge < -0.3 is 9.88 Å². The molecule has 0 aromatic carbocycles. The molecule has 3 aromatic rings. The predicted octanol–water partition coefficient (Wildman–Crippen LogP) is 2.58. The van der Waals surface area contributed by atoms with Gasteiger partial charge in [0, 0.05) is 36.2 Å². The minimum atomic E-state index is 0.672. The Bertz CT molecular complexity index is 675. The fourth-order valence-electron chi connectivity index (χ4n) is 1.97. The highest BCUT2D eigenvalue weighted by atomic mass is 79.9. The number of imidazole rings is 1. The quantitative estimate of drug-likeness (QED) is 0.704. The van der Waals surface area contributed by atoms with Crippen LogP contribution >= 0.6 is 15.9 Å². The topological polar surface area (TPSA) is 60.0 Å². The number of hydrogen-bond donors (Lipinski definition) is 1. The molecule has 0 aliphatic carbocycles. The van der Waals surface area contributed by atoms with Crippen molar-refractivity contribution in [2.45, 2.75) is 19.4 Å². The predicted molar refractivity (Wildman–Crippen MR) is 80.6 cm³/mol. The number of aryl methyl sites for hydroxylation is 1. The third-order valence-corrected chi connectivity index (χ3v) is 3.45. The summed E-state index contributed by atoms with van der Waals surface area (Å²) >= 11 is 3.42. The number of nitrogens with one attached hydrogen (secondary N) is 1. The lowest BCUT2D eigenvalue weighted by atomic mass is 10.3. The molecule has 6 nitrogen and oxygen atoms in total. The smallest absolute Gasteiger partial charge is 0.243 e. The van der Waals surface area contributed by atoms with E-state index in [2.05, 4.69) is 40.9 Å². The molecule has 0 spiro atoms. The minimum Gasteiger partial charge on any atom is -0.353 e. The van der Waals surface area contributed by atoms with E-state index in [1.165, 1.54) is 0 Å². The Kier molecular flexibility index (Phi) is 3.96. The van der Waals surface area contributed by atoms with Gasteiger partial charge in [0.25, 0.3) is 0 Å². The second-order valence-electron chi connectivity index (χ2n) is 4.52. The Labute approximate surface area is 125 Å². The average Bonchev–Trinajstić information content (AvgIpc) is 3.06. The summed E-state index contributed by atoms with van der Waals surface area (Å²) in [5.41, 5.74) is 0.842. The van der Waals surface area contributed by atoms with Crippen molar-refractivity contribution in [1.29, 1.82) is 0 Å². The molecule has 0 aliphatic rings. The molecular formula is C13H15BrN6. The van der Waals surface area contributed by atoms with Crippen molar-refractivity contribution in [1.82, 2.24) is 24.1 Å². The molecule has 0 radical (unpaired) electrons. The standard InChI is InChI=1S/C13H15BrN6/c14-11-3-4-12-17-13(18-20(12)9-11)16-5-1-2-7-19-8-6-15-10-19/h3-4,6,8-10H,1-2,5,7H2,(H,16,18). The number of anilines is 1.